The van der Waals surface area contributed by atoms with Crippen LogP contribution in [-0.4, -0.2) is 90.1 Å². The van der Waals surface area contributed by atoms with Crippen LogP contribution in [-0.2, 0) is 16.1 Å². The number of rotatable bonds is 12. The molecular weight excluding hydrogens is 787 g/mol. The highest BCUT2D eigenvalue weighted by Gasteiger charge is 2.79. The van der Waals surface area contributed by atoms with Crippen LogP contribution in [0.4, 0.5) is 10.5 Å². The fraction of sp³-hybridized carbons (Fsp3) is 0.745. The maximum Gasteiger partial charge on any atom is 0.411 e. The van der Waals surface area contributed by atoms with Gasteiger partial charge in [0.15, 0.2) is 0 Å². The molecule has 5 atom stereocenters. The minimum atomic E-state index is -3.20. The van der Waals surface area contributed by atoms with E-state index in [1.807, 2.05) is 17.9 Å². The minimum Gasteiger partial charge on any atom is -0.462 e. The van der Waals surface area contributed by atoms with Gasteiger partial charge in [0.25, 0.3) is 0 Å². The number of anilines is 1. The number of carbonyl (C=O) groups excluding carboxylic acids is 1. The molecular formula is C51H79NO8S. The molecule has 1 aliphatic heterocycles. The van der Waals surface area contributed by atoms with E-state index in [0.29, 0.717) is 11.3 Å². The summed E-state index contributed by atoms with van der Waals surface area (Å²) in [6, 6.07) is 15.2. The van der Waals surface area contributed by atoms with Gasteiger partial charge in [-0.2, -0.15) is 0 Å². The number of hydrogen-bond donors (Lipinski definition) is 5. The van der Waals surface area contributed by atoms with Crippen LogP contribution in [0.1, 0.15) is 172 Å². The molecule has 0 spiro atoms. The summed E-state index contributed by atoms with van der Waals surface area (Å²) in [6.07, 6.45) is 28.2. The van der Waals surface area contributed by atoms with Crippen molar-refractivity contribution in [2.45, 2.75) is 236 Å². The summed E-state index contributed by atoms with van der Waals surface area (Å²) in [5.74, 6) is 0.406. The van der Waals surface area contributed by atoms with E-state index in [-0.39, 0.29) is 6.61 Å². The lowest BCUT2D eigenvalue weighted by molar-refractivity contribution is -0.277. The monoisotopic (exact) mass is 866 g/mol. The Morgan fingerprint density at radius 1 is 0.623 bits per heavy atom. The third kappa shape index (κ3) is 7.37. The maximum atomic E-state index is 13.5. The van der Waals surface area contributed by atoms with Crippen LogP contribution in [0.3, 0.4) is 0 Å². The zero-order valence-corrected chi connectivity index (χ0v) is 38.1. The van der Waals surface area contributed by atoms with Crippen LogP contribution >= 0.6 is 8.29 Å². The Balaban J connectivity index is 1.10. The predicted octanol–water partition coefficient (Wildman–Crippen LogP) is 10.8. The standard InChI is InChI=1S/C51H79NO8S/c1-36-33-37(27-32-45(36)59-50-49(56)48(55)47(54)46(34-53)60-50)35-58-51(57)52-38-28-30-44(31-29-38)61(39-17-7-2-8-18-39,40-19-9-3-10-20-40,41-21-11-4-12-22-41,42-23-13-5-14-24-42)43-25-15-6-16-26-43/h27-33,39-43,46-50,53-56H,2-26,34-35H2,1H3,(H,52,57)/t46?,47-,48?,49-,50?/m0/s1. The number of nitrogens with one attached hydrogen (secondary N) is 1. The van der Waals surface area contributed by atoms with Crippen molar-refractivity contribution in [2.24, 2.45) is 0 Å². The number of benzene rings is 2. The number of hydrogen-bond acceptors (Lipinski definition) is 8. The van der Waals surface area contributed by atoms with E-state index in [9.17, 15) is 25.2 Å². The molecule has 61 heavy (non-hydrogen) atoms. The van der Waals surface area contributed by atoms with E-state index >= 15 is 0 Å². The molecule has 2 aromatic carbocycles. The number of amides is 1. The molecule has 0 radical (unpaired) electrons. The molecule has 1 heterocycles. The van der Waals surface area contributed by atoms with Crippen LogP contribution in [0.2, 0.25) is 0 Å². The first kappa shape index (κ1) is 45.2. The smallest absolute Gasteiger partial charge is 0.411 e. The third-order valence-corrected chi connectivity index (χ3v) is 31.3. The first-order chi connectivity index (χ1) is 29.7. The first-order valence-corrected chi connectivity index (χ1v) is 27.6. The highest BCUT2D eigenvalue weighted by molar-refractivity contribution is 8.66. The number of ether oxygens (including phenoxy) is 3. The molecule has 10 heteroatoms. The zero-order chi connectivity index (χ0) is 42.5. The van der Waals surface area contributed by atoms with E-state index in [2.05, 4.69) is 29.6 Å². The Morgan fingerprint density at radius 3 is 1.48 bits per heavy atom. The molecule has 0 bridgehead atoms. The van der Waals surface area contributed by atoms with E-state index in [1.54, 1.807) is 12.1 Å². The summed E-state index contributed by atoms with van der Waals surface area (Å²) < 4.78 is 17.2. The van der Waals surface area contributed by atoms with Gasteiger partial charge < -0.3 is 34.6 Å². The van der Waals surface area contributed by atoms with Gasteiger partial charge in [-0.1, -0.05) is 102 Å². The quantitative estimate of drug-likeness (QED) is 0.142. The van der Waals surface area contributed by atoms with Crippen molar-refractivity contribution in [3.8, 4) is 5.75 Å². The summed E-state index contributed by atoms with van der Waals surface area (Å²) >= 11 is 0. The van der Waals surface area contributed by atoms with Crippen LogP contribution in [0.15, 0.2) is 47.4 Å². The van der Waals surface area contributed by atoms with Crippen LogP contribution in [0, 0.1) is 6.92 Å². The largest absolute Gasteiger partial charge is 0.462 e. The fourth-order valence-corrected chi connectivity index (χ4v) is 32.4. The van der Waals surface area contributed by atoms with Crippen LogP contribution in [0.25, 0.3) is 0 Å². The second kappa shape index (κ2) is 19.0. The van der Waals surface area contributed by atoms with Crippen molar-refractivity contribution in [2.75, 3.05) is 11.9 Å². The molecule has 5 N–H and O–H groups in total. The molecule has 0 aromatic heterocycles. The Kier molecular flexibility index (Phi) is 14.1. The summed E-state index contributed by atoms with van der Waals surface area (Å²) in [6.45, 7) is 1.37. The van der Waals surface area contributed by atoms with Gasteiger partial charge in [0.1, 0.15) is 36.8 Å². The topological polar surface area (TPSA) is 138 Å². The molecule has 6 fully saturated rings. The van der Waals surface area contributed by atoms with Crippen molar-refractivity contribution in [3.63, 3.8) is 0 Å². The molecule has 2 aromatic rings. The predicted molar refractivity (Wildman–Crippen MR) is 246 cm³/mol. The average molecular weight is 866 g/mol. The molecule has 1 amide bonds. The lowest BCUT2D eigenvalue weighted by atomic mass is 9.97. The van der Waals surface area contributed by atoms with Gasteiger partial charge in [-0.15, -0.1) is 0 Å². The van der Waals surface area contributed by atoms with Gasteiger partial charge in [-0.25, -0.2) is 13.1 Å². The molecule has 3 unspecified atom stereocenters. The Hall–Kier alpha value is -2.34. The SMILES string of the molecule is Cc1cc(COC(=O)Nc2ccc(S(C3CCCCC3)(C3CCCCC3)(C3CCCCC3)(C3CCCCC3)C3CCCCC3)cc2)ccc1OC1OC(CO)[C@H](O)C(O)[C@@H]1O. The van der Waals surface area contributed by atoms with Crippen molar-refractivity contribution >= 4 is 20.1 Å². The molecule has 1 saturated heterocycles. The molecule has 8 rings (SSSR count). The number of aliphatic hydroxyl groups excluding tert-OH is 4. The van der Waals surface area contributed by atoms with Gasteiger partial charge in [-0.05, 0) is 150 Å². The van der Waals surface area contributed by atoms with Crippen molar-refractivity contribution < 1.29 is 39.4 Å². The molecule has 6 aliphatic rings. The highest BCUT2D eigenvalue weighted by atomic mass is 32.4. The average Bonchev–Trinajstić information content (AvgIpc) is 3.32. The van der Waals surface area contributed by atoms with Gasteiger partial charge in [0.05, 0.1) is 6.61 Å². The second-order valence-electron chi connectivity index (χ2n) is 20.4. The van der Waals surface area contributed by atoms with Crippen molar-refractivity contribution in [1.29, 1.82) is 0 Å². The molecule has 5 aliphatic carbocycles. The van der Waals surface area contributed by atoms with Crippen LogP contribution in [0.5, 0.6) is 5.75 Å². The van der Waals surface area contributed by atoms with Gasteiger partial charge in [0.2, 0.25) is 6.29 Å². The lowest BCUT2D eigenvalue weighted by Crippen LogP contribution is -2.72. The third-order valence-electron chi connectivity index (χ3n) is 17.9. The van der Waals surface area contributed by atoms with Crippen molar-refractivity contribution in [1.82, 2.24) is 0 Å². The maximum absolute atomic E-state index is 13.5. The van der Waals surface area contributed by atoms with Crippen LogP contribution < -0.4 is 10.1 Å². The van der Waals surface area contributed by atoms with E-state index in [0.717, 1.165) is 37.5 Å². The Morgan fingerprint density at radius 2 is 1.07 bits per heavy atom. The normalized spacial score (nSPS) is 29.6. The Bertz CT molecular complexity index is 1620. The minimum absolute atomic E-state index is 0.0660. The first-order valence-electron chi connectivity index (χ1n) is 24.8. The number of carbonyl (C=O) groups is 1. The van der Waals surface area contributed by atoms with Gasteiger partial charge in [0, 0.05) is 5.69 Å². The number of aryl methyl sites for hydroxylation is 1. The van der Waals surface area contributed by atoms with E-state index in [1.165, 1.54) is 161 Å². The summed E-state index contributed by atoms with van der Waals surface area (Å²) in [4.78, 5) is 15.3. The lowest BCUT2D eigenvalue weighted by Gasteiger charge is -2.97. The van der Waals surface area contributed by atoms with E-state index < -0.39 is 51.7 Å². The van der Waals surface area contributed by atoms with Gasteiger partial charge >= 0.3 is 6.09 Å². The number of aliphatic hydroxyl groups is 4. The summed E-state index contributed by atoms with van der Waals surface area (Å²) in [5, 5.41) is 47.7. The van der Waals surface area contributed by atoms with Crippen molar-refractivity contribution in [3.05, 3.63) is 53.6 Å². The molecule has 9 nitrogen and oxygen atoms in total. The fourth-order valence-electron chi connectivity index (χ4n) is 15.8. The van der Waals surface area contributed by atoms with Gasteiger partial charge in [-0.3, -0.25) is 5.32 Å². The summed E-state index contributed by atoms with van der Waals surface area (Å²) in [5.41, 5.74) is 2.30. The molecule has 342 valence electrons. The Labute approximate surface area is 365 Å². The highest BCUT2D eigenvalue weighted by Crippen LogP contribution is 3.09. The zero-order valence-electron chi connectivity index (χ0n) is 37.2. The second-order valence-corrected chi connectivity index (χ2v) is 28.1. The van der Waals surface area contributed by atoms with E-state index in [4.69, 9.17) is 14.2 Å². The summed E-state index contributed by atoms with van der Waals surface area (Å²) in [7, 11) is -3.20. The molecule has 5 saturated carbocycles.